The molecule has 0 radical (unpaired) electrons. The Morgan fingerprint density at radius 2 is 2.16 bits per heavy atom. The Morgan fingerprint density at radius 3 is 2.81 bits per heavy atom. The molecule has 0 spiro atoms. The molecular weight excluding hydrogens is 434 g/mol. The maximum atomic E-state index is 12.7. The number of nitriles is 1. The van der Waals surface area contributed by atoms with Crippen LogP contribution in [0.1, 0.15) is 40.8 Å². The number of piperidine rings is 1. The number of aryl methyl sites for hydroxylation is 1. The highest BCUT2D eigenvalue weighted by molar-refractivity contribution is 7.17. The van der Waals surface area contributed by atoms with Crippen LogP contribution in [-0.4, -0.2) is 41.5 Å². The Hall–Kier alpha value is -3.65. The van der Waals surface area contributed by atoms with Crippen molar-refractivity contribution in [2.24, 2.45) is 5.92 Å². The first-order valence-corrected chi connectivity index (χ1v) is 11.0. The lowest BCUT2D eigenvalue weighted by molar-refractivity contribution is -0.120. The third-order valence-corrected chi connectivity index (χ3v) is 6.14. The first-order valence-electron chi connectivity index (χ1n) is 10.1. The minimum absolute atomic E-state index is 0.150. The Bertz CT molecular complexity index is 1150. The van der Waals surface area contributed by atoms with Gasteiger partial charge in [0, 0.05) is 19.0 Å². The SMILES string of the molecule is CCOC(=O)c1sc(NC(=O)C2CCN(c3oc(-c4ccco4)nc3C#N)CC2)nc1C. The number of oxazole rings is 1. The van der Waals surface area contributed by atoms with Crippen molar-refractivity contribution in [3.8, 4) is 17.7 Å². The summed E-state index contributed by atoms with van der Waals surface area (Å²) in [6, 6.07) is 5.48. The van der Waals surface area contributed by atoms with Gasteiger partial charge >= 0.3 is 5.97 Å². The number of ether oxygens (including phenoxy) is 1. The zero-order valence-corrected chi connectivity index (χ0v) is 18.4. The fourth-order valence-electron chi connectivity index (χ4n) is 3.49. The summed E-state index contributed by atoms with van der Waals surface area (Å²) in [4.78, 5) is 35.5. The third-order valence-electron chi connectivity index (χ3n) is 5.09. The Balaban J connectivity index is 1.38. The zero-order chi connectivity index (χ0) is 22.7. The van der Waals surface area contributed by atoms with Gasteiger partial charge in [-0.15, -0.1) is 0 Å². The lowest BCUT2D eigenvalue weighted by atomic mass is 9.96. The summed E-state index contributed by atoms with van der Waals surface area (Å²) in [6.07, 6.45) is 2.65. The van der Waals surface area contributed by atoms with Crippen LogP contribution in [-0.2, 0) is 9.53 Å². The predicted molar refractivity (Wildman–Crippen MR) is 115 cm³/mol. The van der Waals surface area contributed by atoms with E-state index < -0.39 is 5.97 Å². The summed E-state index contributed by atoms with van der Waals surface area (Å²) in [5, 5.41) is 12.6. The molecule has 0 aliphatic carbocycles. The van der Waals surface area contributed by atoms with E-state index in [-0.39, 0.29) is 30.0 Å². The molecule has 32 heavy (non-hydrogen) atoms. The number of aromatic nitrogens is 2. The van der Waals surface area contributed by atoms with E-state index >= 15 is 0 Å². The van der Waals surface area contributed by atoms with Crippen molar-refractivity contribution in [3.63, 3.8) is 0 Å². The number of hydrogen-bond acceptors (Lipinski definition) is 10. The predicted octanol–water partition coefficient (Wildman–Crippen LogP) is 3.60. The summed E-state index contributed by atoms with van der Waals surface area (Å²) in [6.45, 7) is 4.78. The molecule has 10 nitrogen and oxygen atoms in total. The summed E-state index contributed by atoms with van der Waals surface area (Å²) in [5.74, 6) is 0.265. The Labute approximate surface area is 187 Å². The molecule has 0 aromatic carbocycles. The molecule has 1 saturated heterocycles. The van der Waals surface area contributed by atoms with Crippen LogP contribution >= 0.6 is 11.3 Å². The molecule has 0 atom stereocenters. The van der Waals surface area contributed by atoms with Crippen molar-refractivity contribution >= 4 is 34.2 Å². The molecule has 3 aromatic heterocycles. The second kappa shape index (κ2) is 9.23. The summed E-state index contributed by atoms with van der Waals surface area (Å²) in [5.41, 5.74) is 0.712. The number of amides is 1. The van der Waals surface area contributed by atoms with Gasteiger partial charge in [-0.3, -0.25) is 4.79 Å². The average Bonchev–Trinajstić information content (AvgIpc) is 3.53. The lowest BCUT2D eigenvalue weighted by Gasteiger charge is -2.30. The number of rotatable bonds is 6. The van der Waals surface area contributed by atoms with Crippen LogP contribution < -0.4 is 10.2 Å². The first-order chi connectivity index (χ1) is 15.5. The number of esters is 1. The van der Waals surface area contributed by atoms with E-state index in [1.165, 1.54) is 6.26 Å². The highest BCUT2D eigenvalue weighted by Gasteiger charge is 2.30. The summed E-state index contributed by atoms with van der Waals surface area (Å²) < 4.78 is 16.1. The molecule has 0 saturated carbocycles. The van der Waals surface area contributed by atoms with Crippen LogP contribution in [0.4, 0.5) is 11.0 Å². The minimum atomic E-state index is -0.439. The van der Waals surface area contributed by atoms with Gasteiger partial charge in [-0.1, -0.05) is 11.3 Å². The molecule has 0 unspecified atom stereocenters. The number of nitrogens with one attached hydrogen (secondary N) is 1. The number of furan rings is 1. The fraction of sp³-hybridized carbons (Fsp3) is 0.381. The van der Waals surface area contributed by atoms with Crippen molar-refractivity contribution in [2.45, 2.75) is 26.7 Å². The largest absolute Gasteiger partial charge is 0.462 e. The van der Waals surface area contributed by atoms with Crippen molar-refractivity contribution in [2.75, 3.05) is 29.9 Å². The van der Waals surface area contributed by atoms with Crippen LogP contribution in [0.2, 0.25) is 0 Å². The molecule has 0 bridgehead atoms. The smallest absolute Gasteiger partial charge is 0.350 e. The Morgan fingerprint density at radius 1 is 1.38 bits per heavy atom. The number of carbonyl (C=O) groups is 2. The lowest BCUT2D eigenvalue weighted by Crippen LogP contribution is -2.38. The summed E-state index contributed by atoms with van der Waals surface area (Å²) >= 11 is 1.11. The van der Waals surface area contributed by atoms with Gasteiger partial charge in [-0.2, -0.15) is 10.2 Å². The van der Waals surface area contributed by atoms with Crippen molar-refractivity contribution in [1.82, 2.24) is 9.97 Å². The molecule has 166 valence electrons. The molecule has 1 aliphatic rings. The van der Waals surface area contributed by atoms with Crippen molar-refractivity contribution in [1.29, 1.82) is 5.26 Å². The minimum Gasteiger partial charge on any atom is -0.462 e. The van der Waals surface area contributed by atoms with Gasteiger partial charge in [0.05, 0.1) is 18.6 Å². The highest BCUT2D eigenvalue weighted by Crippen LogP contribution is 2.32. The molecule has 1 N–H and O–H groups in total. The van der Waals surface area contributed by atoms with Gasteiger partial charge in [0.15, 0.2) is 10.9 Å². The molecule has 4 heterocycles. The van der Waals surface area contributed by atoms with Gasteiger partial charge in [-0.05, 0) is 38.8 Å². The van der Waals surface area contributed by atoms with E-state index in [0.29, 0.717) is 53.3 Å². The van der Waals surface area contributed by atoms with Crippen molar-refractivity contribution < 1.29 is 23.2 Å². The van der Waals surface area contributed by atoms with E-state index in [0.717, 1.165) is 11.3 Å². The number of nitrogens with zero attached hydrogens (tertiary/aromatic N) is 4. The van der Waals surface area contributed by atoms with E-state index in [1.54, 1.807) is 26.0 Å². The molecule has 4 rings (SSSR count). The molecular formula is C21H21N5O5S. The maximum absolute atomic E-state index is 12.7. The van der Waals surface area contributed by atoms with Crippen LogP contribution in [0.3, 0.4) is 0 Å². The van der Waals surface area contributed by atoms with Gasteiger partial charge in [-0.25, -0.2) is 9.78 Å². The first kappa shape index (κ1) is 21.6. The van der Waals surface area contributed by atoms with Crippen LogP contribution in [0.25, 0.3) is 11.7 Å². The van der Waals surface area contributed by atoms with Gasteiger partial charge in [0.1, 0.15) is 10.9 Å². The van der Waals surface area contributed by atoms with E-state index in [2.05, 4.69) is 21.4 Å². The normalized spacial score (nSPS) is 14.2. The van der Waals surface area contributed by atoms with Gasteiger partial charge < -0.3 is 23.8 Å². The van der Waals surface area contributed by atoms with E-state index in [4.69, 9.17) is 13.6 Å². The van der Waals surface area contributed by atoms with Crippen LogP contribution in [0.5, 0.6) is 0 Å². The molecule has 1 aliphatic heterocycles. The van der Waals surface area contributed by atoms with Crippen LogP contribution in [0.15, 0.2) is 27.2 Å². The Kier molecular flexibility index (Phi) is 6.23. The third kappa shape index (κ3) is 4.36. The number of anilines is 2. The maximum Gasteiger partial charge on any atom is 0.350 e. The molecule has 1 fully saturated rings. The van der Waals surface area contributed by atoms with E-state index in [1.807, 2.05) is 4.90 Å². The number of hydrogen-bond donors (Lipinski definition) is 1. The van der Waals surface area contributed by atoms with E-state index in [9.17, 15) is 14.9 Å². The molecule has 3 aromatic rings. The second-order valence-corrected chi connectivity index (χ2v) is 8.17. The van der Waals surface area contributed by atoms with Gasteiger partial charge in [0.25, 0.3) is 5.89 Å². The van der Waals surface area contributed by atoms with Crippen LogP contribution in [0, 0.1) is 24.2 Å². The number of carbonyl (C=O) groups excluding carboxylic acids is 2. The fourth-order valence-corrected chi connectivity index (χ4v) is 4.36. The average molecular weight is 455 g/mol. The van der Waals surface area contributed by atoms with Crippen molar-refractivity contribution in [3.05, 3.63) is 34.7 Å². The summed E-state index contributed by atoms with van der Waals surface area (Å²) in [7, 11) is 0. The zero-order valence-electron chi connectivity index (χ0n) is 17.6. The molecule has 1 amide bonds. The molecule has 11 heteroatoms. The second-order valence-electron chi connectivity index (χ2n) is 7.17. The monoisotopic (exact) mass is 455 g/mol. The number of thiazole rings is 1. The highest BCUT2D eigenvalue weighted by atomic mass is 32.1. The quantitative estimate of drug-likeness (QED) is 0.553. The van der Waals surface area contributed by atoms with Gasteiger partial charge in [0.2, 0.25) is 17.5 Å². The standard InChI is InChI=1S/C21H21N5O5S/c1-3-29-20(28)16-12(2)23-21(32-16)25-17(27)13-6-8-26(9-7-13)19-14(11-22)24-18(31-19)15-5-4-10-30-15/h4-5,10,13H,3,6-9H2,1-2H3,(H,23,25,27). The topological polar surface area (TPSA) is 134 Å².